The van der Waals surface area contributed by atoms with E-state index in [1.165, 1.54) is 24.3 Å². The average Bonchev–Trinajstić information content (AvgIpc) is 2.40. The molecule has 116 valence electrons. The number of nitrogens with one attached hydrogen (secondary N) is 2. The lowest BCUT2D eigenvalue weighted by Gasteiger charge is -2.32. The summed E-state index contributed by atoms with van der Waals surface area (Å²) < 4.78 is 39.9. The second kappa shape index (κ2) is 5.93. The van der Waals surface area contributed by atoms with E-state index in [4.69, 9.17) is 0 Å². The van der Waals surface area contributed by atoms with Crippen LogP contribution >= 0.6 is 0 Å². The van der Waals surface area contributed by atoms with Crippen LogP contribution in [-0.4, -0.2) is 25.4 Å². The Balaban J connectivity index is 1.98. The highest BCUT2D eigenvalue weighted by Crippen LogP contribution is 2.28. The van der Waals surface area contributed by atoms with Crippen molar-refractivity contribution in [3.05, 3.63) is 24.3 Å². The van der Waals surface area contributed by atoms with Gasteiger partial charge in [0.2, 0.25) is 5.91 Å². The summed E-state index contributed by atoms with van der Waals surface area (Å²) >= 11 is 0. The number of anilines is 1. The highest BCUT2D eigenvalue weighted by molar-refractivity contribution is 5.95. The number of benzene rings is 1. The van der Waals surface area contributed by atoms with Gasteiger partial charge in [-0.05, 0) is 50.6 Å². The zero-order valence-corrected chi connectivity index (χ0v) is 11.6. The summed E-state index contributed by atoms with van der Waals surface area (Å²) in [5.41, 5.74) is -0.0549. The zero-order valence-electron chi connectivity index (χ0n) is 11.6. The van der Waals surface area contributed by atoms with Crippen molar-refractivity contribution in [2.75, 3.05) is 18.4 Å². The van der Waals surface area contributed by atoms with Gasteiger partial charge in [0.15, 0.2) is 0 Å². The molecule has 0 spiro atoms. The van der Waals surface area contributed by atoms with E-state index in [0.29, 0.717) is 12.2 Å². The summed E-state index contributed by atoms with van der Waals surface area (Å²) in [6.07, 6.45) is -3.02. The summed E-state index contributed by atoms with van der Waals surface area (Å²) in [7, 11) is 0. The zero-order chi connectivity index (χ0) is 15.5. The first-order valence-electron chi connectivity index (χ1n) is 6.66. The number of carbonyl (C=O) groups excluding carboxylic acids is 1. The maximum Gasteiger partial charge on any atom is 0.573 e. The Morgan fingerprint density at radius 3 is 2.52 bits per heavy atom. The Labute approximate surface area is 120 Å². The van der Waals surface area contributed by atoms with E-state index in [-0.39, 0.29) is 11.7 Å². The number of piperidine rings is 1. The van der Waals surface area contributed by atoms with Crippen LogP contribution in [0.25, 0.3) is 0 Å². The lowest BCUT2D eigenvalue weighted by molar-refractivity contribution is -0.274. The van der Waals surface area contributed by atoms with Gasteiger partial charge in [0.05, 0.1) is 5.41 Å². The summed E-state index contributed by atoms with van der Waals surface area (Å²) in [6.45, 7) is 3.36. The molecular weight excluding hydrogens is 285 g/mol. The van der Waals surface area contributed by atoms with E-state index >= 15 is 0 Å². The van der Waals surface area contributed by atoms with Crippen LogP contribution in [-0.2, 0) is 4.79 Å². The maximum atomic E-state index is 12.2. The van der Waals surface area contributed by atoms with Crippen molar-refractivity contribution in [3.63, 3.8) is 0 Å². The first-order valence-corrected chi connectivity index (χ1v) is 6.66. The van der Waals surface area contributed by atoms with E-state index in [9.17, 15) is 18.0 Å². The van der Waals surface area contributed by atoms with E-state index in [2.05, 4.69) is 15.4 Å². The van der Waals surface area contributed by atoms with E-state index in [1.54, 1.807) is 0 Å². The van der Waals surface area contributed by atoms with Gasteiger partial charge >= 0.3 is 6.36 Å². The van der Waals surface area contributed by atoms with Gasteiger partial charge in [-0.25, -0.2) is 0 Å². The van der Waals surface area contributed by atoms with Crippen molar-refractivity contribution in [1.29, 1.82) is 0 Å². The lowest BCUT2D eigenvalue weighted by Crippen LogP contribution is -2.46. The standard InChI is InChI=1S/C14H17F3N2O2/c1-13(7-2-8-18-9-13)12(20)19-10-3-5-11(6-4-10)21-14(15,16)17/h3-6,18H,2,7-9H2,1H3,(H,19,20). The second-order valence-corrected chi connectivity index (χ2v) is 5.37. The number of rotatable bonds is 3. The minimum Gasteiger partial charge on any atom is -0.406 e. The molecule has 1 fully saturated rings. The number of hydrogen-bond donors (Lipinski definition) is 2. The third-order valence-corrected chi connectivity index (χ3v) is 3.49. The van der Waals surface area contributed by atoms with Gasteiger partial charge < -0.3 is 15.4 Å². The Hall–Kier alpha value is -1.76. The van der Waals surface area contributed by atoms with Gasteiger partial charge in [-0.1, -0.05) is 0 Å². The molecule has 2 rings (SSSR count). The molecule has 1 aliphatic heterocycles. The molecule has 1 amide bonds. The van der Waals surface area contributed by atoms with Crippen molar-refractivity contribution in [3.8, 4) is 5.75 Å². The SMILES string of the molecule is CC1(C(=O)Nc2ccc(OC(F)(F)F)cc2)CCCNC1. The highest BCUT2D eigenvalue weighted by Gasteiger charge is 2.34. The molecule has 1 saturated heterocycles. The van der Waals surface area contributed by atoms with Crippen molar-refractivity contribution in [2.45, 2.75) is 26.1 Å². The van der Waals surface area contributed by atoms with Gasteiger partial charge in [0.1, 0.15) is 5.75 Å². The predicted octanol–water partition coefficient (Wildman–Crippen LogP) is 2.91. The number of carbonyl (C=O) groups is 1. The number of amides is 1. The lowest BCUT2D eigenvalue weighted by atomic mass is 9.82. The summed E-state index contributed by atoms with van der Waals surface area (Å²) in [6, 6.07) is 5.12. The largest absolute Gasteiger partial charge is 0.573 e. The van der Waals surface area contributed by atoms with Crippen LogP contribution in [0.3, 0.4) is 0 Å². The minimum absolute atomic E-state index is 0.140. The molecule has 1 unspecified atom stereocenters. The molecule has 1 atom stereocenters. The maximum absolute atomic E-state index is 12.2. The number of ether oxygens (including phenoxy) is 1. The fourth-order valence-electron chi connectivity index (χ4n) is 2.27. The van der Waals surface area contributed by atoms with Gasteiger partial charge in [0.25, 0.3) is 0 Å². The first-order chi connectivity index (χ1) is 9.78. The molecule has 1 heterocycles. The summed E-state index contributed by atoms with van der Waals surface area (Å²) in [5, 5.41) is 5.90. The monoisotopic (exact) mass is 302 g/mol. The molecule has 0 aliphatic carbocycles. The summed E-state index contributed by atoms with van der Waals surface area (Å²) in [4.78, 5) is 12.2. The Kier molecular flexibility index (Phi) is 4.41. The Morgan fingerprint density at radius 1 is 1.33 bits per heavy atom. The van der Waals surface area contributed by atoms with Crippen LogP contribution in [0.5, 0.6) is 5.75 Å². The van der Waals surface area contributed by atoms with Crippen LogP contribution in [0.1, 0.15) is 19.8 Å². The fraction of sp³-hybridized carbons (Fsp3) is 0.500. The molecule has 1 aromatic carbocycles. The summed E-state index contributed by atoms with van der Waals surface area (Å²) in [5.74, 6) is -0.453. The number of hydrogen-bond acceptors (Lipinski definition) is 3. The molecule has 21 heavy (non-hydrogen) atoms. The molecule has 0 saturated carbocycles. The number of alkyl halides is 3. The van der Waals surface area contributed by atoms with Gasteiger partial charge in [-0.2, -0.15) is 0 Å². The minimum atomic E-state index is -4.72. The second-order valence-electron chi connectivity index (χ2n) is 5.37. The molecule has 2 N–H and O–H groups in total. The quantitative estimate of drug-likeness (QED) is 0.902. The average molecular weight is 302 g/mol. The Bertz CT molecular complexity index is 494. The molecule has 0 aromatic heterocycles. The van der Waals surface area contributed by atoms with Crippen LogP contribution in [0, 0.1) is 5.41 Å². The van der Waals surface area contributed by atoms with Crippen LogP contribution in [0.4, 0.5) is 18.9 Å². The molecular formula is C14H17F3N2O2. The molecule has 1 aromatic rings. The van der Waals surface area contributed by atoms with E-state index in [1.807, 2.05) is 6.92 Å². The van der Waals surface area contributed by atoms with Crippen LogP contribution < -0.4 is 15.4 Å². The first kappa shape index (κ1) is 15.6. The topological polar surface area (TPSA) is 50.4 Å². The Morgan fingerprint density at radius 2 is 2.00 bits per heavy atom. The van der Waals surface area contributed by atoms with Crippen LogP contribution in [0.2, 0.25) is 0 Å². The van der Waals surface area contributed by atoms with Crippen molar-refractivity contribution in [2.24, 2.45) is 5.41 Å². The van der Waals surface area contributed by atoms with E-state index in [0.717, 1.165) is 19.4 Å². The molecule has 1 aliphatic rings. The fourth-order valence-corrected chi connectivity index (χ4v) is 2.27. The van der Waals surface area contributed by atoms with Crippen molar-refractivity contribution in [1.82, 2.24) is 5.32 Å². The third-order valence-electron chi connectivity index (χ3n) is 3.49. The van der Waals surface area contributed by atoms with Crippen molar-refractivity contribution >= 4 is 11.6 Å². The smallest absolute Gasteiger partial charge is 0.406 e. The molecule has 0 bridgehead atoms. The predicted molar refractivity (Wildman–Crippen MR) is 72.0 cm³/mol. The highest BCUT2D eigenvalue weighted by atomic mass is 19.4. The van der Waals surface area contributed by atoms with Gasteiger partial charge in [-0.15, -0.1) is 13.2 Å². The van der Waals surface area contributed by atoms with Gasteiger partial charge in [-0.3, -0.25) is 4.79 Å². The van der Waals surface area contributed by atoms with Gasteiger partial charge in [0, 0.05) is 12.2 Å². The normalized spacial score (nSPS) is 22.7. The van der Waals surface area contributed by atoms with E-state index < -0.39 is 11.8 Å². The van der Waals surface area contributed by atoms with Crippen LogP contribution in [0.15, 0.2) is 24.3 Å². The third kappa shape index (κ3) is 4.35. The van der Waals surface area contributed by atoms with Crippen molar-refractivity contribution < 1.29 is 22.7 Å². The molecule has 4 nitrogen and oxygen atoms in total. The molecule has 7 heteroatoms. The number of halogens is 3. The molecule has 0 radical (unpaired) electrons.